The molecule has 4 aromatic rings. The van der Waals surface area contributed by atoms with Crippen LogP contribution < -0.4 is 9.62 Å². The van der Waals surface area contributed by atoms with Gasteiger partial charge in [0, 0.05) is 11.1 Å². The minimum absolute atomic E-state index is 0.159. The van der Waals surface area contributed by atoms with E-state index in [4.69, 9.17) is 0 Å². The van der Waals surface area contributed by atoms with E-state index in [9.17, 15) is 13.2 Å². The molecule has 3 aromatic carbocycles. The lowest BCUT2D eigenvalue weighted by molar-refractivity contribution is -0.114. The van der Waals surface area contributed by atoms with Crippen LogP contribution in [-0.4, -0.2) is 25.9 Å². The Morgan fingerprint density at radius 3 is 2.39 bits per heavy atom. The van der Waals surface area contributed by atoms with Crippen molar-refractivity contribution in [1.29, 1.82) is 0 Å². The Morgan fingerprint density at radius 2 is 1.64 bits per heavy atom. The molecule has 1 amide bonds. The van der Waals surface area contributed by atoms with Gasteiger partial charge >= 0.3 is 0 Å². The second kappa shape index (κ2) is 9.03. The molecule has 4 rings (SSSR count). The molecule has 1 N–H and O–H groups in total. The van der Waals surface area contributed by atoms with Crippen LogP contribution in [0.2, 0.25) is 0 Å². The molecule has 0 unspecified atom stereocenters. The molecule has 7 heteroatoms. The first kappa shape index (κ1) is 22.5. The summed E-state index contributed by atoms with van der Waals surface area (Å²) in [6.45, 7) is 5.26. The van der Waals surface area contributed by atoms with E-state index in [0.717, 1.165) is 22.2 Å². The van der Waals surface area contributed by atoms with Crippen molar-refractivity contribution in [2.75, 3.05) is 16.2 Å². The largest absolute Gasteiger partial charge is 0.323 e. The summed E-state index contributed by atoms with van der Waals surface area (Å²) in [5.41, 5.74) is 3.54. The first-order valence-corrected chi connectivity index (χ1v) is 12.0. The van der Waals surface area contributed by atoms with E-state index in [0.29, 0.717) is 16.8 Å². The number of aromatic nitrogens is 1. The normalized spacial score (nSPS) is 11.4. The third-order valence-electron chi connectivity index (χ3n) is 5.64. The van der Waals surface area contributed by atoms with Gasteiger partial charge in [-0.3, -0.25) is 14.1 Å². The number of hydrogen-bond acceptors (Lipinski definition) is 4. The van der Waals surface area contributed by atoms with Gasteiger partial charge in [-0.2, -0.15) is 0 Å². The number of anilines is 2. The molecule has 168 valence electrons. The van der Waals surface area contributed by atoms with Crippen molar-refractivity contribution in [3.8, 4) is 0 Å². The third kappa shape index (κ3) is 4.59. The molecule has 33 heavy (non-hydrogen) atoms. The summed E-state index contributed by atoms with van der Waals surface area (Å²) in [7, 11) is -4.06. The number of nitrogens with zero attached hydrogens (tertiary/aromatic N) is 2. The molecular formula is C26H25N3O3S. The smallest absolute Gasteiger partial charge is 0.265 e. The van der Waals surface area contributed by atoms with Crippen LogP contribution in [0.15, 0.2) is 83.9 Å². The van der Waals surface area contributed by atoms with E-state index in [1.54, 1.807) is 54.7 Å². The minimum Gasteiger partial charge on any atom is -0.323 e. The van der Waals surface area contributed by atoms with E-state index >= 15 is 0 Å². The highest BCUT2D eigenvalue weighted by Crippen LogP contribution is 2.31. The molecule has 1 aromatic heterocycles. The maximum absolute atomic E-state index is 14.0. The highest BCUT2D eigenvalue weighted by Gasteiger charge is 2.30. The quantitative estimate of drug-likeness (QED) is 0.440. The van der Waals surface area contributed by atoms with Gasteiger partial charge in [0.25, 0.3) is 10.0 Å². The number of nitrogens with one attached hydrogen (secondary N) is 1. The fourth-order valence-electron chi connectivity index (χ4n) is 3.72. The number of aryl methyl sites for hydroxylation is 2. The number of fused-ring (bicyclic) bond motifs is 1. The Labute approximate surface area is 194 Å². The predicted molar refractivity (Wildman–Crippen MR) is 132 cm³/mol. The molecule has 0 saturated heterocycles. The second-order valence-corrected chi connectivity index (χ2v) is 9.78. The number of carbonyl (C=O) groups excluding carboxylic acids is 1. The third-order valence-corrected chi connectivity index (χ3v) is 7.46. The number of benzene rings is 3. The van der Waals surface area contributed by atoms with Gasteiger partial charge in [0.2, 0.25) is 5.91 Å². The SMILES string of the molecule is Cc1ccc(NC(=O)CN(c2cccc(C)c2C)S(=O)(=O)c2cccc3ccccc23)cn1. The van der Waals surface area contributed by atoms with E-state index < -0.39 is 15.9 Å². The van der Waals surface area contributed by atoms with Gasteiger partial charge in [0.05, 0.1) is 22.5 Å². The van der Waals surface area contributed by atoms with Crippen LogP contribution in [0.3, 0.4) is 0 Å². The van der Waals surface area contributed by atoms with Crippen LogP contribution in [0.4, 0.5) is 11.4 Å². The van der Waals surface area contributed by atoms with E-state index in [1.165, 1.54) is 4.31 Å². The van der Waals surface area contributed by atoms with Gasteiger partial charge in [-0.25, -0.2) is 8.42 Å². The van der Waals surface area contributed by atoms with Crippen molar-refractivity contribution in [3.05, 3.63) is 95.8 Å². The van der Waals surface area contributed by atoms with E-state index in [1.807, 2.05) is 45.0 Å². The molecule has 0 radical (unpaired) electrons. The summed E-state index contributed by atoms with van der Waals surface area (Å²) in [4.78, 5) is 17.3. The lowest BCUT2D eigenvalue weighted by Gasteiger charge is -2.27. The van der Waals surface area contributed by atoms with Crippen LogP contribution in [0.5, 0.6) is 0 Å². The summed E-state index contributed by atoms with van der Waals surface area (Å²) >= 11 is 0. The van der Waals surface area contributed by atoms with Crippen molar-refractivity contribution in [3.63, 3.8) is 0 Å². The summed E-state index contributed by atoms with van der Waals surface area (Å²) in [5, 5.41) is 4.18. The van der Waals surface area contributed by atoms with Crippen molar-refractivity contribution in [2.45, 2.75) is 25.7 Å². The molecule has 0 atom stereocenters. The monoisotopic (exact) mass is 459 g/mol. The summed E-state index contributed by atoms with van der Waals surface area (Å²) in [6.07, 6.45) is 1.55. The number of carbonyl (C=O) groups is 1. The zero-order valence-electron chi connectivity index (χ0n) is 18.7. The number of amides is 1. The molecule has 0 saturated carbocycles. The zero-order chi connectivity index (χ0) is 23.6. The molecule has 0 fully saturated rings. The Kier molecular flexibility index (Phi) is 6.16. The van der Waals surface area contributed by atoms with Crippen molar-refractivity contribution in [2.24, 2.45) is 0 Å². The van der Waals surface area contributed by atoms with Crippen LogP contribution in [0.25, 0.3) is 10.8 Å². The summed E-state index contributed by atoms with van der Waals surface area (Å²) < 4.78 is 29.1. The fourth-order valence-corrected chi connectivity index (χ4v) is 5.41. The molecule has 0 bridgehead atoms. The van der Waals surface area contributed by atoms with Gasteiger partial charge in [-0.15, -0.1) is 0 Å². The first-order valence-electron chi connectivity index (χ1n) is 10.6. The van der Waals surface area contributed by atoms with Crippen LogP contribution in [0.1, 0.15) is 16.8 Å². The maximum atomic E-state index is 14.0. The number of pyridine rings is 1. The van der Waals surface area contributed by atoms with Gasteiger partial charge < -0.3 is 5.32 Å². The lowest BCUT2D eigenvalue weighted by Crippen LogP contribution is -2.38. The molecule has 0 aliphatic rings. The lowest BCUT2D eigenvalue weighted by atomic mass is 10.1. The molecule has 0 aliphatic carbocycles. The van der Waals surface area contributed by atoms with Gasteiger partial charge in [0.1, 0.15) is 6.54 Å². The average Bonchev–Trinajstić information content (AvgIpc) is 2.80. The van der Waals surface area contributed by atoms with Crippen LogP contribution in [0, 0.1) is 20.8 Å². The summed E-state index contributed by atoms with van der Waals surface area (Å²) in [6, 6.07) is 21.4. The number of sulfonamides is 1. The first-order chi connectivity index (χ1) is 15.8. The number of rotatable bonds is 6. The Bertz CT molecular complexity index is 1430. The van der Waals surface area contributed by atoms with E-state index in [-0.39, 0.29) is 11.4 Å². The molecular weight excluding hydrogens is 434 g/mol. The van der Waals surface area contributed by atoms with Crippen molar-refractivity contribution >= 4 is 38.1 Å². The summed E-state index contributed by atoms with van der Waals surface area (Å²) in [5.74, 6) is -0.453. The van der Waals surface area contributed by atoms with E-state index in [2.05, 4.69) is 10.3 Å². The van der Waals surface area contributed by atoms with Crippen LogP contribution in [-0.2, 0) is 14.8 Å². The zero-order valence-corrected chi connectivity index (χ0v) is 19.6. The van der Waals surface area contributed by atoms with Crippen molar-refractivity contribution in [1.82, 2.24) is 4.98 Å². The second-order valence-electron chi connectivity index (χ2n) is 7.94. The van der Waals surface area contributed by atoms with Gasteiger partial charge in [-0.05, 0) is 61.5 Å². The van der Waals surface area contributed by atoms with Gasteiger partial charge in [0.15, 0.2) is 0 Å². The minimum atomic E-state index is -4.06. The molecule has 1 heterocycles. The fraction of sp³-hybridized carbons (Fsp3) is 0.154. The molecule has 0 aliphatic heterocycles. The Balaban J connectivity index is 1.79. The predicted octanol–water partition coefficient (Wildman–Crippen LogP) is 4.99. The molecule has 6 nitrogen and oxygen atoms in total. The maximum Gasteiger partial charge on any atom is 0.265 e. The highest BCUT2D eigenvalue weighted by atomic mass is 32.2. The number of hydrogen-bond donors (Lipinski definition) is 1. The average molecular weight is 460 g/mol. The Hall–Kier alpha value is -3.71. The molecule has 0 spiro atoms. The highest BCUT2D eigenvalue weighted by molar-refractivity contribution is 7.93. The van der Waals surface area contributed by atoms with Crippen molar-refractivity contribution < 1.29 is 13.2 Å². The standard InChI is InChI=1S/C26H25N3O3S/c1-18-8-6-12-24(20(18)3)29(17-26(30)28-22-15-14-19(2)27-16-22)33(31,32)25-13-7-10-21-9-4-5-11-23(21)25/h4-16H,17H2,1-3H3,(H,28,30). The topological polar surface area (TPSA) is 79.4 Å². The Morgan fingerprint density at radius 1 is 0.909 bits per heavy atom. The van der Waals surface area contributed by atoms with Crippen LogP contribution >= 0.6 is 0 Å². The van der Waals surface area contributed by atoms with Gasteiger partial charge in [-0.1, -0.05) is 48.5 Å².